The van der Waals surface area contributed by atoms with E-state index in [0.717, 1.165) is 6.42 Å². The SMILES string of the molecule is O=NC(CCC1CCCC1)C(=O)c1cc2ccc(F)cc2o1. The van der Waals surface area contributed by atoms with Gasteiger partial charge in [0.15, 0.2) is 11.8 Å². The molecule has 5 heteroatoms. The van der Waals surface area contributed by atoms with E-state index < -0.39 is 17.6 Å². The number of hydrogen-bond acceptors (Lipinski definition) is 4. The minimum atomic E-state index is -0.911. The Hall–Kier alpha value is -2.04. The van der Waals surface area contributed by atoms with Crippen molar-refractivity contribution < 1.29 is 13.6 Å². The Morgan fingerprint density at radius 2 is 2.09 bits per heavy atom. The molecule has 1 aromatic carbocycles. The zero-order valence-electron chi connectivity index (χ0n) is 12.3. The van der Waals surface area contributed by atoms with Crippen molar-refractivity contribution in [1.29, 1.82) is 0 Å². The lowest BCUT2D eigenvalue weighted by Gasteiger charge is -2.10. The average Bonchev–Trinajstić information content (AvgIpc) is 3.16. The fraction of sp³-hybridized carbons (Fsp3) is 0.471. The number of carbonyl (C=O) groups excluding carboxylic acids is 1. The van der Waals surface area contributed by atoms with Crippen LogP contribution in [0.25, 0.3) is 11.0 Å². The number of hydrogen-bond donors (Lipinski definition) is 0. The van der Waals surface area contributed by atoms with Gasteiger partial charge in [-0.15, -0.1) is 0 Å². The van der Waals surface area contributed by atoms with Gasteiger partial charge in [0.1, 0.15) is 11.4 Å². The second-order valence-corrected chi connectivity index (χ2v) is 6.01. The third-order valence-corrected chi connectivity index (χ3v) is 4.48. The number of benzene rings is 1. The quantitative estimate of drug-likeness (QED) is 0.565. The number of nitroso groups, excluding NO2 is 1. The highest BCUT2D eigenvalue weighted by Crippen LogP contribution is 2.30. The fourth-order valence-corrected chi connectivity index (χ4v) is 3.21. The van der Waals surface area contributed by atoms with Crippen LogP contribution in [0.2, 0.25) is 0 Å². The highest BCUT2D eigenvalue weighted by molar-refractivity contribution is 6.01. The first kappa shape index (κ1) is 14.9. The minimum Gasteiger partial charge on any atom is -0.453 e. The van der Waals surface area contributed by atoms with E-state index in [4.69, 9.17) is 4.42 Å². The first-order valence-corrected chi connectivity index (χ1v) is 7.73. The number of ketones is 1. The van der Waals surface area contributed by atoms with Crippen LogP contribution in [0.1, 0.15) is 49.1 Å². The number of nitrogens with zero attached hydrogens (tertiary/aromatic N) is 1. The van der Waals surface area contributed by atoms with Crippen molar-refractivity contribution in [2.45, 2.75) is 44.6 Å². The van der Waals surface area contributed by atoms with Gasteiger partial charge in [-0.1, -0.05) is 30.9 Å². The lowest BCUT2D eigenvalue weighted by molar-refractivity contribution is 0.0929. The molecule has 116 valence electrons. The molecule has 0 bridgehead atoms. The molecule has 1 aliphatic rings. The number of fused-ring (bicyclic) bond motifs is 1. The monoisotopic (exact) mass is 303 g/mol. The molecule has 0 aliphatic heterocycles. The van der Waals surface area contributed by atoms with Crippen LogP contribution in [0, 0.1) is 16.6 Å². The highest BCUT2D eigenvalue weighted by atomic mass is 19.1. The molecular weight excluding hydrogens is 285 g/mol. The standard InChI is InChI=1S/C17H18FNO3/c18-13-7-6-12-9-16(22-15(12)10-13)17(20)14(19-21)8-5-11-3-1-2-4-11/h6-7,9-11,14H,1-5,8H2. The van der Waals surface area contributed by atoms with Gasteiger partial charge in [-0.25, -0.2) is 4.39 Å². The van der Waals surface area contributed by atoms with Gasteiger partial charge in [0.25, 0.3) is 0 Å². The van der Waals surface area contributed by atoms with Crippen LogP contribution in [0.4, 0.5) is 4.39 Å². The van der Waals surface area contributed by atoms with Crippen LogP contribution in [0.15, 0.2) is 33.9 Å². The Balaban J connectivity index is 1.72. The molecular formula is C17H18FNO3. The van der Waals surface area contributed by atoms with E-state index >= 15 is 0 Å². The molecule has 4 nitrogen and oxygen atoms in total. The van der Waals surface area contributed by atoms with Gasteiger partial charge in [0.05, 0.1) is 0 Å². The van der Waals surface area contributed by atoms with Crippen molar-refractivity contribution in [3.8, 4) is 0 Å². The van der Waals surface area contributed by atoms with Crippen LogP contribution in [0.3, 0.4) is 0 Å². The summed E-state index contributed by atoms with van der Waals surface area (Å²) in [6.07, 6.45) is 6.10. The van der Waals surface area contributed by atoms with Crippen LogP contribution >= 0.6 is 0 Å². The van der Waals surface area contributed by atoms with Gasteiger partial charge in [0.2, 0.25) is 5.78 Å². The smallest absolute Gasteiger partial charge is 0.226 e. The topological polar surface area (TPSA) is 59.6 Å². The van der Waals surface area contributed by atoms with Gasteiger partial charge < -0.3 is 4.42 Å². The largest absolute Gasteiger partial charge is 0.453 e. The maximum absolute atomic E-state index is 13.2. The second kappa shape index (κ2) is 6.38. The molecule has 1 aliphatic carbocycles. The van der Waals surface area contributed by atoms with Gasteiger partial charge >= 0.3 is 0 Å². The summed E-state index contributed by atoms with van der Waals surface area (Å²) in [4.78, 5) is 23.4. The van der Waals surface area contributed by atoms with Crippen molar-refractivity contribution in [1.82, 2.24) is 0 Å². The Morgan fingerprint density at radius 1 is 1.32 bits per heavy atom. The first-order chi connectivity index (χ1) is 10.7. The summed E-state index contributed by atoms with van der Waals surface area (Å²) in [7, 11) is 0. The molecule has 1 fully saturated rings. The minimum absolute atomic E-state index is 0.0802. The van der Waals surface area contributed by atoms with Gasteiger partial charge in [0, 0.05) is 11.5 Å². The molecule has 0 amide bonds. The van der Waals surface area contributed by atoms with Crippen LogP contribution in [-0.2, 0) is 0 Å². The molecule has 1 atom stereocenters. The maximum Gasteiger partial charge on any atom is 0.226 e. The first-order valence-electron chi connectivity index (χ1n) is 7.73. The van der Waals surface area contributed by atoms with Crippen molar-refractivity contribution in [3.63, 3.8) is 0 Å². The average molecular weight is 303 g/mol. The summed E-state index contributed by atoms with van der Waals surface area (Å²) in [5, 5.41) is 3.62. The third kappa shape index (κ3) is 3.08. The van der Waals surface area contributed by atoms with Crippen LogP contribution in [0.5, 0.6) is 0 Å². The van der Waals surface area contributed by atoms with Gasteiger partial charge in [-0.05, 0) is 37.0 Å². The van der Waals surface area contributed by atoms with Gasteiger partial charge in [-0.3, -0.25) is 4.79 Å². The molecule has 1 saturated carbocycles. The molecule has 2 aromatic rings. The predicted molar refractivity (Wildman–Crippen MR) is 81.3 cm³/mol. The molecule has 0 N–H and O–H groups in total. The zero-order valence-corrected chi connectivity index (χ0v) is 12.3. The molecule has 1 unspecified atom stereocenters. The van der Waals surface area contributed by atoms with E-state index in [-0.39, 0.29) is 5.76 Å². The molecule has 0 radical (unpaired) electrons. The third-order valence-electron chi connectivity index (χ3n) is 4.48. The van der Waals surface area contributed by atoms with Crippen molar-refractivity contribution in [3.05, 3.63) is 40.8 Å². The fourth-order valence-electron chi connectivity index (χ4n) is 3.21. The lowest BCUT2D eigenvalue weighted by atomic mass is 9.96. The van der Waals surface area contributed by atoms with Crippen molar-refractivity contribution in [2.24, 2.45) is 11.1 Å². The van der Waals surface area contributed by atoms with Gasteiger partial charge in [-0.2, -0.15) is 4.91 Å². The predicted octanol–water partition coefficient (Wildman–Crippen LogP) is 4.86. The number of halogens is 1. The summed E-state index contributed by atoms with van der Waals surface area (Å²) in [6.45, 7) is 0. The van der Waals surface area contributed by atoms with E-state index in [1.807, 2.05) is 0 Å². The van der Waals surface area contributed by atoms with E-state index in [1.54, 1.807) is 12.1 Å². The lowest BCUT2D eigenvalue weighted by Crippen LogP contribution is -2.18. The van der Waals surface area contributed by atoms with Crippen LogP contribution < -0.4 is 0 Å². The van der Waals surface area contributed by atoms with E-state index in [0.29, 0.717) is 23.3 Å². The van der Waals surface area contributed by atoms with Crippen LogP contribution in [-0.4, -0.2) is 11.8 Å². The number of furan rings is 1. The molecule has 22 heavy (non-hydrogen) atoms. The molecule has 1 heterocycles. The normalized spacial score (nSPS) is 17.0. The van der Waals surface area contributed by atoms with E-state index in [2.05, 4.69) is 5.18 Å². The van der Waals surface area contributed by atoms with E-state index in [1.165, 1.54) is 37.8 Å². The van der Waals surface area contributed by atoms with E-state index in [9.17, 15) is 14.1 Å². The Labute approximate surface area is 127 Å². The summed E-state index contributed by atoms with van der Waals surface area (Å²) in [5.74, 6) is -0.157. The van der Waals surface area contributed by atoms with Crippen molar-refractivity contribution in [2.75, 3.05) is 0 Å². The Kier molecular flexibility index (Phi) is 4.32. The number of rotatable bonds is 6. The maximum atomic E-state index is 13.2. The Bertz CT molecular complexity index is 688. The van der Waals surface area contributed by atoms with Crippen molar-refractivity contribution >= 4 is 16.8 Å². The summed E-state index contributed by atoms with van der Waals surface area (Å²) >= 11 is 0. The molecule has 0 spiro atoms. The highest BCUT2D eigenvalue weighted by Gasteiger charge is 2.26. The molecule has 0 saturated heterocycles. The number of Topliss-reactive ketones (excluding diaryl/α,β-unsaturated/α-hetero) is 1. The molecule has 1 aromatic heterocycles. The second-order valence-electron chi connectivity index (χ2n) is 6.01. The summed E-state index contributed by atoms with van der Waals surface area (Å²) in [6, 6.07) is 4.72. The Morgan fingerprint density at radius 3 is 2.82 bits per heavy atom. The number of carbonyl (C=O) groups is 1. The zero-order chi connectivity index (χ0) is 15.5. The summed E-state index contributed by atoms with van der Waals surface area (Å²) in [5.41, 5.74) is 0.309. The summed E-state index contributed by atoms with van der Waals surface area (Å²) < 4.78 is 18.5. The molecule has 3 rings (SSSR count).